The first-order valence-corrected chi connectivity index (χ1v) is 5.80. The van der Waals surface area contributed by atoms with Crippen molar-refractivity contribution in [3.63, 3.8) is 0 Å². The molecule has 5 nitrogen and oxygen atoms in total. The van der Waals surface area contributed by atoms with E-state index in [1.165, 1.54) is 6.92 Å². The lowest BCUT2D eigenvalue weighted by atomic mass is 10.1. The first kappa shape index (κ1) is 12.1. The monoisotopic (exact) mass is 250 g/mol. The molecule has 0 aliphatic carbocycles. The quantitative estimate of drug-likeness (QED) is 0.515. The van der Waals surface area contributed by atoms with Crippen LogP contribution < -0.4 is 11.5 Å². The van der Waals surface area contributed by atoms with Crippen molar-refractivity contribution in [1.82, 2.24) is 0 Å². The van der Waals surface area contributed by atoms with E-state index in [9.17, 15) is 8.42 Å². The molecule has 1 aromatic carbocycles. The van der Waals surface area contributed by atoms with Crippen molar-refractivity contribution in [3.05, 3.63) is 16.1 Å². The third kappa shape index (κ3) is 1.88. The SMILES string of the molecule is Cc1c(N)c(C)c(S(=O)(=O)O)c(Cl)c1N. The van der Waals surface area contributed by atoms with Gasteiger partial charge in [0.05, 0.1) is 10.7 Å². The molecule has 15 heavy (non-hydrogen) atoms. The van der Waals surface area contributed by atoms with Gasteiger partial charge in [-0.1, -0.05) is 11.6 Å². The predicted octanol–water partition coefficient (Wildman–Crippen LogP) is 1.37. The number of benzene rings is 1. The highest BCUT2D eigenvalue weighted by Crippen LogP contribution is 2.37. The number of hydrogen-bond donors (Lipinski definition) is 3. The van der Waals surface area contributed by atoms with E-state index < -0.39 is 15.0 Å². The zero-order chi connectivity index (χ0) is 12.0. The van der Waals surface area contributed by atoms with Crippen molar-refractivity contribution >= 4 is 33.1 Å². The van der Waals surface area contributed by atoms with Gasteiger partial charge in [0.25, 0.3) is 10.1 Å². The van der Waals surface area contributed by atoms with Gasteiger partial charge in [0.15, 0.2) is 0 Å². The zero-order valence-corrected chi connectivity index (χ0v) is 9.78. The molecule has 7 heteroatoms. The largest absolute Gasteiger partial charge is 0.398 e. The Morgan fingerprint density at radius 2 is 1.60 bits per heavy atom. The van der Waals surface area contributed by atoms with Crippen LogP contribution in [-0.4, -0.2) is 13.0 Å². The summed E-state index contributed by atoms with van der Waals surface area (Å²) in [7, 11) is -4.42. The number of rotatable bonds is 1. The highest BCUT2D eigenvalue weighted by atomic mass is 35.5. The Kier molecular flexibility index (Phi) is 2.86. The van der Waals surface area contributed by atoms with Crippen LogP contribution in [0.2, 0.25) is 5.02 Å². The molecular formula is C8H11ClN2O3S. The lowest BCUT2D eigenvalue weighted by Gasteiger charge is -2.14. The molecule has 0 heterocycles. The summed E-state index contributed by atoms with van der Waals surface area (Å²) in [6.45, 7) is 3.08. The van der Waals surface area contributed by atoms with Crippen LogP contribution in [0.5, 0.6) is 0 Å². The second-order valence-corrected chi connectivity index (χ2v) is 4.93. The molecule has 0 unspecified atom stereocenters. The summed E-state index contributed by atoms with van der Waals surface area (Å²) in [6.07, 6.45) is 0. The summed E-state index contributed by atoms with van der Waals surface area (Å²) in [5.41, 5.74) is 12.2. The van der Waals surface area contributed by atoms with Crippen LogP contribution in [0.3, 0.4) is 0 Å². The number of halogens is 1. The fourth-order valence-corrected chi connectivity index (χ4v) is 2.72. The fourth-order valence-electron chi connectivity index (χ4n) is 1.31. The van der Waals surface area contributed by atoms with Crippen molar-refractivity contribution in [1.29, 1.82) is 0 Å². The van der Waals surface area contributed by atoms with Crippen LogP contribution >= 0.6 is 11.6 Å². The Labute approximate surface area is 92.8 Å². The van der Waals surface area contributed by atoms with Crippen LogP contribution in [0, 0.1) is 13.8 Å². The Hall–Kier alpha value is -0.980. The second-order valence-electron chi connectivity index (χ2n) is 3.20. The Morgan fingerprint density at radius 3 is 2.00 bits per heavy atom. The third-order valence-corrected chi connectivity index (χ3v) is 3.78. The number of hydrogen-bond acceptors (Lipinski definition) is 4. The van der Waals surface area contributed by atoms with Crippen molar-refractivity contribution in [2.75, 3.05) is 11.5 Å². The summed E-state index contributed by atoms with van der Waals surface area (Å²) in [5, 5.41) is -0.193. The van der Waals surface area contributed by atoms with E-state index in [1.54, 1.807) is 6.92 Å². The lowest BCUT2D eigenvalue weighted by Crippen LogP contribution is -2.09. The van der Waals surface area contributed by atoms with Crippen molar-refractivity contribution in [2.45, 2.75) is 18.7 Å². The second kappa shape index (κ2) is 3.55. The van der Waals surface area contributed by atoms with E-state index in [1.807, 2.05) is 0 Å². The maximum Gasteiger partial charge on any atom is 0.296 e. The standard InChI is InChI=1S/C8H11ClN2O3S/c1-3-6(10)4(2)8(15(12,13)14)5(9)7(3)11/h10-11H2,1-2H3,(H,12,13,14). The summed E-state index contributed by atoms with van der Waals surface area (Å²) >= 11 is 5.74. The van der Waals surface area contributed by atoms with Crippen LogP contribution in [0.15, 0.2) is 4.90 Å². The van der Waals surface area contributed by atoms with Gasteiger partial charge in [-0.15, -0.1) is 0 Å². The highest BCUT2D eigenvalue weighted by molar-refractivity contribution is 7.86. The molecule has 0 saturated heterocycles. The van der Waals surface area contributed by atoms with Crippen LogP contribution in [0.1, 0.15) is 11.1 Å². The number of nitrogen functional groups attached to an aromatic ring is 2. The molecule has 0 amide bonds. The molecule has 84 valence electrons. The van der Waals surface area contributed by atoms with Crippen molar-refractivity contribution < 1.29 is 13.0 Å². The first-order valence-electron chi connectivity index (χ1n) is 3.99. The Morgan fingerprint density at radius 1 is 1.13 bits per heavy atom. The summed E-state index contributed by atoms with van der Waals surface area (Å²) in [5.74, 6) is 0. The summed E-state index contributed by atoms with van der Waals surface area (Å²) in [6, 6.07) is 0. The number of anilines is 2. The third-order valence-electron chi connectivity index (χ3n) is 2.25. The van der Waals surface area contributed by atoms with Crippen molar-refractivity contribution in [2.24, 2.45) is 0 Å². The topological polar surface area (TPSA) is 106 Å². The minimum Gasteiger partial charge on any atom is -0.398 e. The van der Waals surface area contributed by atoms with E-state index >= 15 is 0 Å². The molecule has 0 bridgehead atoms. The molecular weight excluding hydrogens is 240 g/mol. The van der Waals surface area contributed by atoms with Gasteiger partial charge in [-0.3, -0.25) is 4.55 Å². The average molecular weight is 251 g/mol. The lowest BCUT2D eigenvalue weighted by molar-refractivity contribution is 0.482. The van der Waals surface area contributed by atoms with Gasteiger partial charge in [0, 0.05) is 5.69 Å². The van der Waals surface area contributed by atoms with Gasteiger partial charge in [-0.05, 0) is 25.0 Å². The maximum absolute atomic E-state index is 11.1. The molecule has 0 aliphatic heterocycles. The molecule has 5 N–H and O–H groups in total. The molecule has 0 aromatic heterocycles. The minimum absolute atomic E-state index is 0.0624. The Balaban J connectivity index is 3.84. The minimum atomic E-state index is -4.42. The smallest absolute Gasteiger partial charge is 0.296 e. The van der Waals surface area contributed by atoms with Crippen LogP contribution in [-0.2, 0) is 10.1 Å². The van der Waals surface area contributed by atoms with Gasteiger partial charge >= 0.3 is 0 Å². The van der Waals surface area contributed by atoms with Crippen LogP contribution in [0.25, 0.3) is 0 Å². The van der Waals surface area contributed by atoms with E-state index in [2.05, 4.69) is 0 Å². The first-order chi connectivity index (χ1) is 6.68. The Bertz CT molecular complexity index is 496. The average Bonchev–Trinajstić information content (AvgIpc) is 2.09. The van der Waals surface area contributed by atoms with E-state index in [0.717, 1.165) is 0 Å². The van der Waals surface area contributed by atoms with Gasteiger partial charge in [0.2, 0.25) is 0 Å². The normalized spacial score (nSPS) is 11.7. The molecule has 0 aliphatic rings. The van der Waals surface area contributed by atoms with E-state index in [4.69, 9.17) is 27.6 Å². The van der Waals surface area contributed by atoms with Crippen LogP contribution in [0.4, 0.5) is 11.4 Å². The number of nitrogens with two attached hydrogens (primary N) is 2. The predicted molar refractivity (Wildman–Crippen MR) is 59.6 cm³/mol. The molecule has 0 radical (unpaired) electrons. The van der Waals surface area contributed by atoms with Crippen molar-refractivity contribution in [3.8, 4) is 0 Å². The molecule has 1 aromatic rings. The van der Waals surface area contributed by atoms with Gasteiger partial charge in [-0.2, -0.15) is 8.42 Å². The molecule has 0 saturated carbocycles. The summed E-state index contributed by atoms with van der Waals surface area (Å²) < 4.78 is 31.1. The molecule has 1 rings (SSSR count). The van der Waals surface area contributed by atoms with E-state index in [-0.39, 0.29) is 22.0 Å². The van der Waals surface area contributed by atoms with Gasteiger partial charge < -0.3 is 11.5 Å². The van der Waals surface area contributed by atoms with E-state index in [0.29, 0.717) is 5.56 Å². The van der Waals surface area contributed by atoms with Gasteiger partial charge in [0.1, 0.15) is 4.90 Å². The van der Waals surface area contributed by atoms with Gasteiger partial charge in [-0.25, -0.2) is 0 Å². The molecule has 0 atom stereocenters. The maximum atomic E-state index is 11.1. The molecule has 0 fully saturated rings. The fraction of sp³-hybridized carbons (Fsp3) is 0.250. The zero-order valence-electron chi connectivity index (χ0n) is 8.20. The summed E-state index contributed by atoms with van der Waals surface area (Å²) in [4.78, 5) is -0.426. The highest BCUT2D eigenvalue weighted by Gasteiger charge is 2.23. The molecule has 0 spiro atoms.